The average molecular weight is 206 g/mol. The molecule has 1 spiro atoms. The largest absolute Gasteiger partial charge is 0.0648 e. The van der Waals surface area contributed by atoms with Crippen molar-refractivity contribution in [1.82, 2.24) is 0 Å². The predicted octanol–water partition coefficient (Wildman–Crippen LogP) is 4.49. The summed E-state index contributed by atoms with van der Waals surface area (Å²) in [6.07, 6.45) is 5.99. The molecule has 0 amide bonds. The Morgan fingerprint density at radius 3 is 2.20 bits per heavy atom. The average Bonchev–Trinajstić information content (AvgIpc) is 2.95. The summed E-state index contributed by atoms with van der Waals surface area (Å²) >= 11 is 0. The topological polar surface area (TPSA) is 0 Å². The lowest BCUT2D eigenvalue weighted by atomic mass is 9.77. The highest BCUT2D eigenvalue weighted by molar-refractivity contribution is 5.56. The van der Waals surface area contributed by atoms with Crippen LogP contribution in [0.4, 0.5) is 0 Å². The Morgan fingerprint density at radius 2 is 1.87 bits per heavy atom. The van der Waals surface area contributed by atoms with E-state index in [4.69, 9.17) is 0 Å². The first-order valence-corrected chi connectivity index (χ1v) is 6.94. The highest BCUT2D eigenvalue weighted by atomic mass is 15.1. The Morgan fingerprint density at radius 1 is 1.27 bits per heavy atom. The molecule has 0 bridgehead atoms. The molecule has 0 aromatic rings. The van der Waals surface area contributed by atoms with E-state index in [1.165, 1.54) is 19.3 Å². The van der Waals surface area contributed by atoms with Crippen molar-refractivity contribution in [2.75, 3.05) is 0 Å². The van der Waals surface area contributed by atoms with Crippen LogP contribution >= 0.6 is 0 Å². The van der Waals surface area contributed by atoms with Crippen molar-refractivity contribution < 1.29 is 0 Å². The van der Waals surface area contributed by atoms with Crippen LogP contribution in [0.5, 0.6) is 0 Å². The number of hydrogen-bond acceptors (Lipinski definition) is 0. The standard InChI is InChI=1S/C15H26/c1-6-14(8-11(4)7-10(2)3)12-13(5)9-15(12,13)14/h10-12H,6-9H2,1-5H3. The van der Waals surface area contributed by atoms with Crippen LogP contribution in [-0.2, 0) is 0 Å². The second-order valence-electron chi connectivity index (χ2n) is 7.45. The van der Waals surface area contributed by atoms with E-state index in [9.17, 15) is 0 Å². The lowest BCUT2D eigenvalue weighted by Gasteiger charge is -2.27. The van der Waals surface area contributed by atoms with E-state index in [0.717, 1.165) is 34.0 Å². The quantitative estimate of drug-likeness (QED) is 0.621. The number of hydrogen-bond donors (Lipinski definition) is 0. The fourth-order valence-electron chi connectivity index (χ4n) is 5.78. The zero-order chi connectivity index (χ0) is 11.1. The first kappa shape index (κ1) is 10.2. The van der Waals surface area contributed by atoms with E-state index in [-0.39, 0.29) is 0 Å². The Balaban J connectivity index is 1.60. The van der Waals surface area contributed by atoms with Crippen LogP contribution in [-0.4, -0.2) is 0 Å². The van der Waals surface area contributed by atoms with E-state index in [1.54, 1.807) is 6.42 Å². The molecule has 3 aliphatic rings. The van der Waals surface area contributed by atoms with E-state index in [2.05, 4.69) is 34.6 Å². The van der Waals surface area contributed by atoms with Crippen LogP contribution in [0, 0.1) is 34.0 Å². The third-order valence-corrected chi connectivity index (χ3v) is 6.16. The predicted molar refractivity (Wildman–Crippen MR) is 64.6 cm³/mol. The van der Waals surface area contributed by atoms with Gasteiger partial charge in [-0.1, -0.05) is 34.6 Å². The molecule has 3 fully saturated rings. The van der Waals surface area contributed by atoms with Crippen molar-refractivity contribution in [3.8, 4) is 0 Å². The van der Waals surface area contributed by atoms with Crippen LogP contribution < -0.4 is 0 Å². The molecule has 5 unspecified atom stereocenters. The molecule has 86 valence electrons. The second kappa shape index (κ2) is 2.46. The second-order valence-corrected chi connectivity index (χ2v) is 7.45. The fraction of sp³-hybridized carbons (Fsp3) is 1.00. The van der Waals surface area contributed by atoms with Gasteiger partial charge in [-0.2, -0.15) is 0 Å². The molecule has 3 aliphatic carbocycles. The summed E-state index contributed by atoms with van der Waals surface area (Å²) < 4.78 is 0. The van der Waals surface area contributed by atoms with Gasteiger partial charge in [-0.05, 0) is 59.7 Å². The van der Waals surface area contributed by atoms with Crippen molar-refractivity contribution in [2.24, 2.45) is 34.0 Å². The van der Waals surface area contributed by atoms with Crippen molar-refractivity contribution in [3.63, 3.8) is 0 Å². The van der Waals surface area contributed by atoms with Crippen LogP contribution in [0.25, 0.3) is 0 Å². The van der Waals surface area contributed by atoms with E-state index in [0.29, 0.717) is 0 Å². The lowest BCUT2D eigenvalue weighted by Crippen LogP contribution is -2.19. The van der Waals surface area contributed by atoms with Crippen molar-refractivity contribution in [2.45, 2.75) is 60.3 Å². The molecule has 15 heavy (non-hydrogen) atoms. The summed E-state index contributed by atoms with van der Waals surface area (Å²) in [5.74, 6) is 3.00. The monoisotopic (exact) mass is 206 g/mol. The molecule has 0 saturated heterocycles. The zero-order valence-electron chi connectivity index (χ0n) is 11.1. The van der Waals surface area contributed by atoms with Gasteiger partial charge in [0.25, 0.3) is 0 Å². The maximum absolute atomic E-state index is 2.53. The maximum Gasteiger partial charge on any atom is -0.0136 e. The zero-order valence-corrected chi connectivity index (χ0v) is 11.1. The van der Waals surface area contributed by atoms with E-state index < -0.39 is 0 Å². The Bertz CT molecular complexity index is 305. The van der Waals surface area contributed by atoms with Gasteiger partial charge >= 0.3 is 0 Å². The number of rotatable bonds is 5. The Labute approximate surface area is 94.8 Å². The Hall–Kier alpha value is 0. The molecule has 0 aromatic heterocycles. The van der Waals surface area contributed by atoms with Gasteiger partial charge in [-0.15, -0.1) is 0 Å². The summed E-state index contributed by atoms with van der Waals surface area (Å²) in [5, 5.41) is 0. The molecular formula is C15H26. The lowest BCUT2D eigenvalue weighted by molar-refractivity contribution is 0.219. The van der Waals surface area contributed by atoms with Gasteiger partial charge < -0.3 is 0 Å². The van der Waals surface area contributed by atoms with E-state index >= 15 is 0 Å². The molecule has 3 rings (SSSR count). The molecule has 5 atom stereocenters. The van der Waals surface area contributed by atoms with Crippen molar-refractivity contribution in [1.29, 1.82) is 0 Å². The van der Waals surface area contributed by atoms with Gasteiger partial charge in [0.2, 0.25) is 0 Å². The summed E-state index contributed by atoms with van der Waals surface area (Å²) in [7, 11) is 0. The normalized spacial score (nSPS) is 56.0. The van der Waals surface area contributed by atoms with Gasteiger partial charge in [0, 0.05) is 0 Å². The third-order valence-electron chi connectivity index (χ3n) is 6.16. The summed E-state index contributed by atoms with van der Waals surface area (Å²) in [6.45, 7) is 12.2. The SMILES string of the molecule is CCC1(CC(C)CC(C)C)C2C3(C)CC231. The first-order valence-electron chi connectivity index (χ1n) is 6.94. The van der Waals surface area contributed by atoms with Crippen LogP contribution in [0.2, 0.25) is 0 Å². The fourth-order valence-corrected chi connectivity index (χ4v) is 5.78. The summed E-state index contributed by atoms with van der Waals surface area (Å²) in [4.78, 5) is 0. The molecule has 0 aromatic carbocycles. The smallest absolute Gasteiger partial charge is 0.0136 e. The molecular weight excluding hydrogens is 180 g/mol. The Kier molecular flexibility index (Phi) is 1.67. The van der Waals surface area contributed by atoms with Crippen molar-refractivity contribution in [3.05, 3.63) is 0 Å². The summed E-state index contributed by atoms with van der Waals surface area (Å²) in [5.41, 5.74) is 2.59. The maximum atomic E-state index is 2.53. The molecule has 0 N–H and O–H groups in total. The van der Waals surface area contributed by atoms with Crippen LogP contribution in [0.3, 0.4) is 0 Å². The molecule has 0 radical (unpaired) electrons. The van der Waals surface area contributed by atoms with Crippen LogP contribution in [0.1, 0.15) is 60.3 Å². The minimum absolute atomic E-state index is 0.829. The molecule has 3 saturated carbocycles. The van der Waals surface area contributed by atoms with Gasteiger partial charge in [0.1, 0.15) is 0 Å². The van der Waals surface area contributed by atoms with Gasteiger partial charge in [0.15, 0.2) is 0 Å². The van der Waals surface area contributed by atoms with Gasteiger partial charge in [-0.3, -0.25) is 0 Å². The minimum atomic E-state index is 0.829. The highest BCUT2D eigenvalue weighted by Gasteiger charge is 3.09. The number of fused-ring (bicyclic) bond motifs is 1. The van der Waals surface area contributed by atoms with Crippen LogP contribution in [0.15, 0.2) is 0 Å². The first-order chi connectivity index (χ1) is 6.94. The highest BCUT2D eigenvalue weighted by Crippen LogP contribution is 3.14. The minimum Gasteiger partial charge on any atom is -0.0648 e. The third kappa shape index (κ3) is 0.875. The van der Waals surface area contributed by atoms with Crippen molar-refractivity contribution >= 4 is 0 Å². The molecule has 0 nitrogen and oxygen atoms in total. The molecule has 0 aliphatic heterocycles. The van der Waals surface area contributed by atoms with E-state index in [1.807, 2.05) is 0 Å². The molecule has 0 heteroatoms. The molecule has 0 heterocycles. The van der Waals surface area contributed by atoms with Gasteiger partial charge in [-0.25, -0.2) is 0 Å². The van der Waals surface area contributed by atoms with Gasteiger partial charge in [0.05, 0.1) is 0 Å². The summed E-state index contributed by atoms with van der Waals surface area (Å²) in [6, 6.07) is 0.